The van der Waals surface area contributed by atoms with Gasteiger partial charge in [-0.15, -0.1) is 0 Å². The van der Waals surface area contributed by atoms with Crippen molar-refractivity contribution in [3.05, 3.63) is 0 Å². The second kappa shape index (κ2) is 85.4. The molecular formula is C116H234O. The fraction of sp³-hybridized carbons (Fsp3) is 1.00. The Kier molecular flexibility index (Phi) is 85.4. The summed E-state index contributed by atoms with van der Waals surface area (Å²) in [5, 5.41) is 17.0. The van der Waals surface area contributed by atoms with E-state index in [2.05, 4.69) is 96.9 Å². The number of rotatable bonds is 101. The van der Waals surface area contributed by atoms with Crippen molar-refractivity contribution >= 4 is 0 Å². The van der Waals surface area contributed by atoms with Crippen LogP contribution in [0.3, 0.4) is 0 Å². The van der Waals surface area contributed by atoms with Crippen LogP contribution in [-0.4, -0.2) is 10.7 Å². The highest BCUT2D eigenvalue weighted by molar-refractivity contribution is 5.23. The van der Waals surface area contributed by atoms with Crippen LogP contribution in [0.4, 0.5) is 0 Å². The maximum Gasteiger partial charge on any atom is 0.0709 e. The van der Waals surface area contributed by atoms with E-state index < -0.39 is 5.60 Å². The summed E-state index contributed by atoms with van der Waals surface area (Å²) in [5.74, 6) is 0.771. The van der Waals surface area contributed by atoms with Crippen LogP contribution >= 0.6 is 0 Å². The van der Waals surface area contributed by atoms with Gasteiger partial charge in [-0.25, -0.2) is 0 Å². The summed E-state index contributed by atoms with van der Waals surface area (Å²) < 4.78 is 0. The summed E-state index contributed by atoms with van der Waals surface area (Å²) in [5.41, 5.74) is -0.388. The van der Waals surface area contributed by atoms with Crippen molar-refractivity contribution in [2.75, 3.05) is 0 Å². The lowest BCUT2D eigenvalue weighted by Gasteiger charge is -2.76. The molecule has 0 amide bonds. The first-order chi connectivity index (χ1) is 57.5. The molecule has 1 N–H and O–H groups in total. The molecule has 0 radical (unpaired) electrons. The molecule has 0 saturated heterocycles. The zero-order chi connectivity index (χ0) is 85.8. The molecule has 0 aliphatic heterocycles. The Morgan fingerprint density at radius 3 is 0.462 bits per heavy atom. The molecule has 0 bridgehead atoms. The van der Waals surface area contributed by atoms with Gasteiger partial charge in [0, 0.05) is 5.41 Å². The minimum atomic E-state index is -0.709. The van der Waals surface area contributed by atoms with Crippen molar-refractivity contribution < 1.29 is 5.11 Å². The third-order valence-electron chi connectivity index (χ3n) is 31.9. The summed E-state index contributed by atoms with van der Waals surface area (Å²) in [6.07, 6.45) is 133. The Morgan fingerprint density at radius 2 is 0.256 bits per heavy atom. The highest BCUT2D eigenvalue weighted by atomic mass is 16.3. The number of unbranched alkanes of at least 4 members (excludes halogenated alkanes) is 67. The van der Waals surface area contributed by atoms with Gasteiger partial charge in [-0.05, 0) is 117 Å². The van der Waals surface area contributed by atoms with Crippen LogP contribution in [0.25, 0.3) is 0 Å². The molecule has 1 atom stereocenters. The predicted octanol–water partition coefficient (Wildman–Crippen LogP) is 43.6. The molecule has 0 aromatic carbocycles. The zero-order valence-electron chi connectivity index (χ0n) is 85.2. The quantitative estimate of drug-likeness (QED) is 0.0602. The summed E-state index contributed by atoms with van der Waals surface area (Å²) in [4.78, 5) is 0. The molecule has 0 heterocycles. The van der Waals surface area contributed by atoms with E-state index in [1.165, 1.54) is 597 Å². The van der Waals surface area contributed by atoms with E-state index in [0.717, 1.165) is 18.8 Å². The average Bonchev–Trinajstić information content (AvgIpc) is 0.667. The normalized spacial score (nSPS) is 13.1. The lowest BCUT2D eigenvalue weighted by molar-refractivity contribution is -0.293. The predicted molar refractivity (Wildman–Crippen MR) is 539 cm³/mol. The second-order valence-corrected chi connectivity index (χ2v) is 41.5. The Morgan fingerprint density at radius 1 is 0.128 bits per heavy atom. The first kappa shape index (κ1) is 117. The molecule has 0 rings (SSSR count). The van der Waals surface area contributed by atoms with Crippen molar-refractivity contribution in [2.24, 2.45) is 33.0 Å². The highest BCUT2D eigenvalue weighted by Crippen LogP contribution is 2.81. The maximum absolute atomic E-state index is 17.0. The largest absolute Gasteiger partial charge is 0.389 e. The van der Waals surface area contributed by atoms with Crippen LogP contribution in [0.15, 0.2) is 0 Å². The van der Waals surface area contributed by atoms with Gasteiger partial charge in [0.05, 0.1) is 5.60 Å². The van der Waals surface area contributed by atoms with Crippen LogP contribution in [0.5, 0.6) is 0 Å². The fourth-order valence-corrected chi connectivity index (χ4v) is 25.2. The summed E-state index contributed by atoms with van der Waals surface area (Å²) >= 11 is 0. The smallest absolute Gasteiger partial charge is 0.0709 e. The van der Waals surface area contributed by atoms with E-state index in [1.807, 2.05) is 0 Å². The summed E-state index contributed by atoms with van der Waals surface area (Å²) in [6, 6.07) is 0. The van der Waals surface area contributed by atoms with Crippen molar-refractivity contribution in [1.29, 1.82) is 0 Å². The molecule has 1 nitrogen and oxygen atoms in total. The van der Waals surface area contributed by atoms with E-state index in [4.69, 9.17) is 0 Å². The Labute approximate surface area is 746 Å². The van der Waals surface area contributed by atoms with Gasteiger partial charge in [0.15, 0.2) is 0 Å². The van der Waals surface area contributed by atoms with E-state index in [9.17, 15) is 0 Å². The van der Waals surface area contributed by atoms with Crippen LogP contribution < -0.4 is 0 Å². The SMILES string of the molecule is CCCCCCCCC(CCCCC)C(CCCCCCCC)(CCCCCCCC)C(CCCCCCCC)(CCCCCCCC)C(CCCCCCCC)(CCCCCCCC)C(CCCCCCCC)(CCCCCCCC)C(CCCCCCCC)(CCCCCCCC)C(O)(CCCCCCCC)CCCCCCCC. The van der Waals surface area contributed by atoms with Crippen LogP contribution in [0, 0.1) is 33.0 Å². The zero-order valence-corrected chi connectivity index (χ0v) is 85.2. The molecule has 0 spiro atoms. The fourth-order valence-electron chi connectivity index (χ4n) is 25.2. The molecule has 0 aliphatic rings. The van der Waals surface area contributed by atoms with E-state index in [-0.39, 0.29) is 27.1 Å². The van der Waals surface area contributed by atoms with E-state index in [1.54, 1.807) is 0 Å². The Hall–Kier alpha value is -0.0400. The van der Waals surface area contributed by atoms with Crippen LogP contribution in [0.1, 0.15) is 707 Å². The van der Waals surface area contributed by atoms with Crippen molar-refractivity contribution in [2.45, 2.75) is 713 Å². The van der Waals surface area contributed by atoms with Crippen molar-refractivity contribution in [3.63, 3.8) is 0 Å². The van der Waals surface area contributed by atoms with Crippen molar-refractivity contribution in [1.82, 2.24) is 0 Å². The van der Waals surface area contributed by atoms with Gasteiger partial charge >= 0.3 is 0 Å². The maximum atomic E-state index is 17.0. The molecule has 1 heteroatoms. The molecule has 0 aromatic rings. The number of hydrogen-bond acceptors (Lipinski definition) is 1. The average molecular weight is 1650 g/mol. The number of hydrogen-bond donors (Lipinski definition) is 1. The number of aliphatic hydroxyl groups is 1. The first-order valence-electron chi connectivity index (χ1n) is 57.2. The van der Waals surface area contributed by atoms with Crippen molar-refractivity contribution in [3.8, 4) is 0 Å². The molecular weight excluding hydrogens is 1410 g/mol. The molecule has 117 heavy (non-hydrogen) atoms. The lowest BCUT2D eigenvalue weighted by atomic mass is 9.29. The molecule has 0 aromatic heterocycles. The standard InChI is InChI=1S/C116H234O/c1-15-29-43-56-69-83-97-110(96-82-42-28-14)111(98-84-70-57-44-30-16-2,99-85-71-58-45-31-17-3)112(100-86-72-59-46-32-18-4,101-87-73-60-47-33-19-5)113(102-88-74-61-48-34-20-6,103-89-75-62-49-35-21-7)114(104-90-76-63-50-36-22-8,105-91-77-64-51-37-23-9)115(106-92-78-65-52-38-24-10,107-93-79-66-53-39-25-11)116(117,108-94-80-67-54-40-26-12)109-95-81-68-55-41-27-13/h110,117H,15-109H2,1-14H3. The molecule has 0 fully saturated rings. The third kappa shape index (κ3) is 50.9. The van der Waals surface area contributed by atoms with Crippen LogP contribution in [-0.2, 0) is 0 Å². The molecule has 1 unspecified atom stereocenters. The van der Waals surface area contributed by atoms with Gasteiger partial charge in [0.1, 0.15) is 0 Å². The van der Waals surface area contributed by atoms with Gasteiger partial charge in [-0.1, -0.05) is 617 Å². The minimum Gasteiger partial charge on any atom is -0.389 e. The molecule has 0 saturated carbocycles. The Bertz CT molecular complexity index is 1790. The van der Waals surface area contributed by atoms with E-state index >= 15 is 5.11 Å². The monoisotopic (exact) mass is 1640 g/mol. The first-order valence-corrected chi connectivity index (χ1v) is 57.2. The van der Waals surface area contributed by atoms with Gasteiger partial charge in [-0.2, -0.15) is 0 Å². The Balaban J connectivity index is 12.5. The lowest BCUT2D eigenvalue weighted by Crippen LogP contribution is -2.71. The second-order valence-electron chi connectivity index (χ2n) is 41.5. The summed E-state index contributed by atoms with van der Waals surface area (Å²) in [7, 11) is 0. The molecule has 704 valence electrons. The topological polar surface area (TPSA) is 20.2 Å². The van der Waals surface area contributed by atoms with E-state index in [0.29, 0.717) is 0 Å². The van der Waals surface area contributed by atoms with Gasteiger partial charge in [-0.3, -0.25) is 0 Å². The third-order valence-corrected chi connectivity index (χ3v) is 31.9. The summed E-state index contributed by atoms with van der Waals surface area (Å²) in [6.45, 7) is 34.9. The van der Waals surface area contributed by atoms with Crippen LogP contribution in [0.2, 0.25) is 0 Å². The highest BCUT2D eigenvalue weighted by Gasteiger charge is 2.74. The minimum absolute atomic E-state index is 0.000399. The van der Waals surface area contributed by atoms with Gasteiger partial charge in [0.25, 0.3) is 0 Å². The molecule has 0 aliphatic carbocycles. The van der Waals surface area contributed by atoms with Gasteiger partial charge < -0.3 is 5.11 Å². The van der Waals surface area contributed by atoms with Gasteiger partial charge in [0.2, 0.25) is 0 Å².